The van der Waals surface area contributed by atoms with Gasteiger partial charge in [-0.3, -0.25) is 4.79 Å². The lowest BCUT2D eigenvalue weighted by atomic mass is 10.2. The Balaban J connectivity index is 1.96. The van der Waals surface area contributed by atoms with Gasteiger partial charge in [0.2, 0.25) is 15.9 Å². The molecule has 8 heteroatoms. The third kappa shape index (κ3) is 3.45. The van der Waals surface area contributed by atoms with Crippen LogP contribution in [0.1, 0.15) is 18.4 Å². The van der Waals surface area contributed by atoms with Gasteiger partial charge in [-0.05, 0) is 31.4 Å². The lowest BCUT2D eigenvalue weighted by Gasteiger charge is -2.09. The van der Waals surface area contributed by atoms with Crippen LogP contribution in [-0.2, 0) is 14.8 Å². The quantitative estimate of drug-likeness (QED) is 0.703. The van der Waals surface area contributed by atoms with E-state index in [1.165, 1.54) is 13.0 Å². The summed E-state index contributed by atoms with van der Waals surface area (Å²) in [6.07, 6.45) is 1.21. The highest BCUT2D eigenvalue weighted by Gasteiger charge is 2.35. The first-order valence-electron chi connectivity index (χ1n) is 6.07. The Morgan fingerprint density at radius 2 is 2.10 bits per heavy atom. The second-order valence-electron chi connectivity index (χ2n) is 4.73. The Hall–Kier alpha value is -1.67. The standard InChI is InChI=1S/C12H15FN2O4S/c1-7-4-10(11(16)5-9(7)13)15-12(17)6-14-20(18,19)8-2-3-8/h4-5,8,14,16H,2-3,6H2,1H3,(H,15,17). The molecule has 0 spiro atoms. The van der Waals surface area contributed by atoms with Gasteiger partial charge in [-0.1, -0.05) is 0 Å². The van der Waals surface area contributed by atoms with E-state index < -0.39 is 39.3 Å². The Kier molecular flexibility index (Phi) is 3.96. The van der Waals surface area contributed by atoms with Crippen molar-refractivity contribution in [1.29, 1.82) is 0 Å². The maximum absolute atomic E-state index is 13.1. The molecule has 1 aliphatic rings. The predicted molar refractivity (Wildman–Crippen MR) is 71.4 cm³/mol. The number of nitrogens with one attached hydrogen (secondary N) is 2. The minimum Gasteiger partial charge on any atom is -0.506 e. The van der Waals surface area contributed by atoms with Gasteiger partial charge >= 0.3 is 0 Å². The molecule has 0 aliphatic heterocycles. The van der Waals surface area contributed by atoms with Crippen LogP contribution >= 0.6 is 0 Å². The molecule has 0 bridgehead atoms. The molecule has 0 aromatic heterocycles. The first-order valence-corrected chi connectivity index (χ1v) is 7.61. The summed E-state index contributed by atoms with van der Waals surface area (Å²) in [4.78, 5) is 11.6. The number of rotatable bonds is 5. The van der Waals surface area contributed by atoms with E-state index in [4.69, 9.17) is 0 Å². The van der Waals surface area contributed by atoms with Crippen LogP contribution in [0.4, 0.5) is 10.1 Å². The number of hydrogen-bond acceptors (Lipinski definition) is 4. The molecule has 3 N–H and O–H groups in total. The van der Waals surface area contributed by atoms with Gasteiger partial charge in [-0.15, -0.1) is 0 Å². The monoisotopic (exact) mass is 302 g/mol. The van der Waals surface area contributed by atoms with Crippen LogP contribution in [0.3, 0.4) is 0 Å². The Morgan fingerprint density at radius 3 is 2.70 bits per heavy atom. The fourth-order valence-electron chi connectivity index (χ4n) is 1.63. The summed E-state index contributed by atoms with van der Waals surface area (Å²) < 4.78 is 38.4. The van der Waals surface area contributed by atoms with E-state index in [9.17, 15) is 22.7 Å². The van der Waals surface area contributed by atoms with Gasteiger partial charge < -0.3 is 10.4 Å². The molecular weight excluding hydrogens is 287 g/mol. The molecule has 2 rings (SSSR count). The lowest BCUT2D eigenvalue weighted by Crippen LogP contribution is -2.34. The van der Waals surface area contributed by atoms with Gasteiger partial charge in [0, 0.05) is 6.07 Å². The van der Waals surface area contributed by atoms with Gasteiger partial charge in [-0.2, -0.15) is 0 Å². The van der Waals surface area contributed by atoms with Crippen LogP contribution in [0, 0.1) is 12.7 Å². The molecular formula is C12H15FN2O4S. The fourth-order valence-corrected chi connectivity index (χ4v) is 2.95. The molecule has 0 atom stereocenters. The van der Waals surface area contributed by atoms with Crippen molar-refractivity contribution in [3.8, 4) is 5.75 Å². The highest BCUT2D eigenvalue weighted by molar-refractivity contribution is 7.90. The third-order valence-corrected chi connectivity index (χ3v) is 4.84. The van der Waals surface area contributed by atoms with Gasteiger partial charge in [0.05, 0.1) is 17.5 Å². The average molecular weight is 302 g/mol. The van der Waals surface area contributed by atoms with Gasteiger partial charge in [0.25, 0.3) is 0 Å². The normalized spacial score (nSPS) is 15.1. The van der Waals surface area contributed by atoms with Crippen molar-refractivity contribution in [2.24, 2.45) is 0 Å². The van der Waals surface area contributed by atoms with Gasteiger partial charge in [0.15, 0.2) is 0 Å². The first-order chi connectivity index (χ1) is 9.29. The summed E-state index contributed by atoms with van der Waals surface area (Å²) in [5, 5.41) is 11.4. The average Bonchev–Trinajstić information content (AvgIpc) is 3.18. The molecule has 0 unspecified atom stereocenters. The molecule has 1 aliphatic carbocycles. The van der Waals surface area contributed by atoms with Crippen molar-refractivity contribution >= 4 is 21.6 Å². The summed E-state index contributed by atoms with van der Waals surface area (Å²) in [6, 6.07) is 2.16. The van der Waals surface area contributed by atoms with Crippen molar-refractivity contribution < 1.29 is 22.7 Å². The second-order valence-corrected chi connectivity index (χ2v) is 6.78. The lowest BCUT2D eigenvalue weighted by molar-refractivity contribution is -0.115. The SMILES string of the molecule is Cc1cc(NC(=O)CNS(=O)(=O)C2CC2)c(O)cc1F. The van der Waals surface area contributed by atoms with E-state index in [1.807, 2.05) is 0 Å². The van der Waals surface area contributed by atoms with E-state index in [-0.39, 0.29) is 11.3 Å². The fraction of sp³-hybridized carbons (Fsp3) is 0.417. The van der Waals surface area contributed by atoms with Crippen molar-refractivity contribution in [1.82, 2.24) is 4.72 Å². The van der Waals surface area contributed by atoms with Gasteiger partial charge in [0.1, 0.15) is 11.6 Å². The van der Waals surface area contributed by atoms with Crippen molar-refractivity contribution in [2.45, 2.75) is 25.0 Å². The minimum atomic E-state index is -3.43. The van der Waals surface area contributed by atoms with Crippen molar-refractivity contribution in [3.05, 3.63) is 23.5 Å². The van der Waals surface area contributed by atoms with Crippen LogP contribution in [0.2, 0.25) is 0 Å². The van der Waals surface area contributed by atoms with Crippen LogP contribution in [0.5, 0.6) is 5.75 Å². The third-order valence-electron chi connectivity index (χ3n) is 2.95. The number of sulfonamides is 1. The zero-order chi connectivity index (χ0) is 14.9. The molecule has 0 heterocycles. The van der Waals surface area contributed by atoms with Crippen LogP contribution in [-0.4, -0.2) is 31.2 Å². The van der Waals surface area contributed by atoms with Crippen molar-refractivity contribution in [2.75, 3.05) is 11.9 Å². The summed E-state index contributed by atoms with van der Waals surface area (Å²) in [5.74, 6) is -1.63. The first kappa shape index (κ1) is 14.7. The molecule has 1 aromatic carbocycles. The van der Waals surface area contributed by atoms with E-state index in [0.29, 0.717) is 12.8 Å². The summed E-state index contributed by atoms with van der Waals surface area (Å²) >= 11 is 0. The number of phenols is 1. The number of hydrogen-bond donors (Lipinski definition) is 3. The Bertz CT molecular complexity index is 641. The number of aryl methyl sites for hydroxylation is 1. The number of halogens is 1. The number of carbonyl (C=O) groups is 1. The van der Waals surface area contributed by atoms with Crippen LogP contribution < -0.4 is 10.0 Å². The molecule has 0 saturated heterocycles. The summed E-state index contributed by atoms with van der Waals surface area (Å²) in [7, 11) is -3.43. The second kappa shape index (κ2) is 5.37. The number of carbonyl (C=O) groups excluding carboxylic acids is 1. The van der Waals surface area contributed by atoms with E-state index in [1.54, 1.807) is 0 Å². The Labute approximate surface area is 116 Å². The van der Waals surface area contributed by atoms with E-state index in [2.05, 4.69) is 10.0 Å². The van der Waals surface area contributed by atoms with E-state index >= 15 is 0 Å². The molecule has 1 fully saturated rings. The number of anilines is 1. The molecule has 20 heavy (non-hydrogen) atoms. The number of phenolic OH excluding ortho intramolecular Hbond substituents is 1. The predicted octanol–water partition coefficient (Wildman–Crippen LogP) is 0.860. The molecule has 0 radical (unpaired) electrons. The zero-order valence-electron chi connectivity index (χ0n) is 10.8. The van der Waals surface area contributed by atoms with Crippen molar-refractivity contribution in [3.63, 3.8) is 0 Å². The molecule has 6 nitrogen and oxygen atoms in total. The summed E-state index contributed by atoms with van der Waals surface area (Å²) in [5.41, 5.74) is 0.302. The maximum Gasteiger partial charge on any atom is 0.239 e. The summed E-state index contributed by atoms with van der Waals surface area (Å²) in [6.45, 7) is 1.06. The molecule has 1 aromatic rings. The number of benzene rings is 1. The smallest absolute Gasteiger partial charge is 0.239 e. The number of amides is 1. The minimum absolute atomic E-state index is 0.0412. The highest BCUT2D eigenvalue weighted by atomic mass is 32.2. The largest absolute Gasteiger partial charge is 0.506 e. The highest BCUT2D eigenvalue weighted by Crippen LogP contribution is 2.28. The van der Waals surface area contributed by atoms with E-state index in [0.717, 1.165) is 6.07 Å². The van der Waals surface area contributed by atoms with Gasteiger partial charge in [-0.25, -0.2) is 17.5 Å². The zero-order valence-corrected chi connectivity index (χ0v) is 11.6. The molecule has 1 saturated carbocycles. The van der Waals surface area contributed by atoms with Crippen LogP contribution in [0.25, 0.3) is 0 Å². The topological polar surface area (TPSA) is 95.5 Å². The molecule has 110 valence electrons. The number of aromatic hydroxyl groups is 1. The molecule has 1 amide bonds. The Morgan fingerprint density at radius 1 is 1.45 bits per heavy atom. The van der Waals surface area contributed by atoms with Crippen LogP contribution in [0.15, 0.2) is 12.1 Å². The maximum atomic E-state index is 13.1.